The Bertz CT molecular complexity index is 328. The first kappa shape index (κ1) is 10.3. The summed E-state index contributed by atoms with van der Waals surface area (Å²) in [5, 5.41) is 0. The largest absolute Gasteiger partial charge is 0.417 e. The average molecular weight is 251 g/mol. The topological polar surface area (TPSA) is 0 Å². The molecule has 0 spiro atoms. The molecule has 13 heavy (non-hydrogen) atoms. The van der Waals surface area contributed by atoms with Crippen molar-refractivity contribution in [3.63, 3.8) is 0 Å². The first-order chi connectivity index (χ1) is 5.93. The third-order valence-corrected chi connectivity index (χ3v) is 1.95. The average Bonchev–Trinajstić information content (AvgIpc) is 2.03. The Labute approximate surface area is 82.2 Å². The second-order valence-electron chi connectivity index (χ2n) is 2.45. The van der Waals surface area contributed by atoms with Gasteiger partial charge in [-0.1, -0.05) is 40.7 Å². The van der Waals surface area contributed by atoms with Crippen LogP contribution in [0.1, 0.15) is 11.1 Å². The van der Waals surface area contributed by atoms with Gasteiger partial charge in [-0.15, -0.1) is 0 Å². The van der Waals surface area contributed by atoms with Crippen molar-refractivity contribution in [2.24, 2.45) is 0 Å². The van der Waals surface area contributed by atoms with Gasteiger partial charge in [0.1, 0.15) is 0 Å². The zero-order valence-corrected chi connectivity index (χ0v) is 8.11. The fourth-order valence-electron chi connectivity index (χ4n) is 0.967. The predicted molar refractivity (Wildman–Crippen MR) is 49.4 cm³/mol. The highest BCUT2D eigenvalue weighted by Crippen LogP contribution is 2.35. The third-order valence-electron chi connectivity index (χ3n) is 1.52. The molecule has 0 aliphatic rings. The van der Waals surface area contributed by atoms with Crippen LogP contribution in [-0.4, -0.2) is 0 Å². The van der Waals surface area contributed by atoms with Gasteiger partial charge in [0.05, 0.1) is 5.56 Å². The van der Waals surface area contributed by atoms with Gasteiger partial charge >= 0.3 is 6.18 Å². The molecule has 4 heteroatoms. The lowest BCUT2D eigenvalue weighted by Gasteiger charge is -2.10. The van der Waals surface area contributed by atoms with E-state index in [-0.39, 0.29) is 10.0 Å². The molecule has 0 radical (unpaired) electrons. The first-order valence-electron chi connectivity index (χ1n) is 3.44. The maximum Gasteiger partial charge on any atom is 0.417 e. The summed E-state index contributed by atoms with van der Waals surface area (Å²) >= 11 is 2.93. The molecule has 1 rings (SSSR count). The van der Waals surface area contributed by atoms with Crippen molar-refractivity contribution < 1.29 is 13.2 Å². The zero-order valence-electron chi connectivity index (χ0n) is 6.53. The van der Waals surface area contributed by atoms with Gasteiger partial charge in [0, 0.05) is 10.0 Å². The molecule has 0 amide bonds. The van der Waals surface area contributed by atoms with E-state index in [9.17, 15) is 13.2 Å². The number of rotatable bonds is 1. The van der Waals surface area contributed by atoms with E-state index in [1.54, 1.807) is 0 Å². The summed E-state index contributed by atoms with van der Waals surface area (Å²) in [6.45, 7) is 3.42. The van der Waals surface area contributed by atoms with Crippen LogP contribution in [0.25, 0.3) is 4.48 Å². The predicted octanol–water partition coefficient (Wildman–Crippen LogP) is 4.07. The smallest absolute Gasteiger partial charge is 0.166 e. The highest BCUT2D eigenvalue weighted by molar-refractivity contribution is 9.15. The van der Waals surface area contributed by atoms with Crippen LogP contribution in [0.4, 0.5) is 13.2 Å². The fourth-order valence-corrected chi connectivity index (χ4v) is 1.31. The molecule has 1 aromatic carbocycles. The zero-order chi connectivity index (χ0) is 10.1. The molecular weight excluding hydrogens is 245 g/mol. The van der Waals surface area contributed by atoms with Crippen molar-refractivity contribution in [3.8, 4) is 0 Å². The molecule has 0 nitrogen and oxygen atoms in total. The molecular formula is C9H6BrF3. The van der Waals surface area contributed by atoms with E-state index in [0.717, 1.165) is 6.07 Å². The molecule has 0 bridgehead atoms. The second kappa shape index (κ2) is 3.54. The minimum atomic E-state index is -4.33. The van der Waals surface area contributed by atoms with E-state index in [0.29, 0.717) is 0 Å². The molecule has 0 aliphatic heterocycles. The van der Waals surface area contributed by atoms with Crippen molar-refractivity contribution >= 4 is 20.4 Å². The van der Waals surface area contributed by atoms with Gasteiger partial charge in [0.25, 0.3) is 0 Å². The van der Waals surface area contributed by atoms with Crippen molar-refractivity contribution in [1.29, 1.82) is 0 Å². The second-order valence-corrected chi connectivity index (χ2v) is 3.41. The minimum Gasteiger partial charge on any atom is -0.166 e. The Morgan fingerprint density at radius 1 is 1.23 bits per heavy atom. The third kappa shape index (κ3) is 2.34. The van der Waals surface area contributed by atoms with Crippen molar-refractivity contribution in [1.82, 2.24) is 0 Å². The van der Waals surface area contributed by atoms with Crippen molar-refractivity contribution in [3.05, 3.63) is 42.0 Å². The van der Waals surface area contributed by atoms with Crippen LogP contribution in [0, 0.1) is 0 Å². The van der Waals surface area contributed by atoms with Crippen LogP contribution < -0.4 is 0 Å². The molecule has 0 saturated carbocycles. The highest BCUT2D eigenvalue weighted by Gasteiger charge is 2.33. The lowest BCUT2D eigenvalue weighted by atomic mass is 10.1. The molecule has 0 atom stereocenters. The summed E-state index contributed by atoms with van der Waals surface area (Å²) in [5.41, 5.74) is -0.591. The quantitative estimate of drug-likeness (QED) is 0.705. The Morgan fingerprint density at radius 2 is 1.77 bits per heavy atom. The van der Waals surface area contributed by atoms with Crippen LogP contribution in [0.3, 0.4) is 0 Å². The van der Waals surface area contributed by atoms with Gasteiger partial charge in [-0.2, -0.15) is 13.2 Å². The number of alkyl halides is 3. The van der Waals surface area contributed by atoms with E-state index in [1.807, 2.05) is 0 Å². The normalized spacial score (nSPS) is 11.4. The van der Waals surface area contributed by atoms with Crippen LogP contribution in [0.15, 0.2) is 30.8 Å². The summed E-state index contributed by atoms with van der Waals surface area (Å²) in [7, 11) is 0. The molecule has 0 heterocycles. The number of hydrogen-bond acceptors (Lipinski definition) is 0. The lowest BCUT2D eigenvalue weighted by molar-refractivity contribution is -0.137. The van der Waals surface area contributed by atoms with Crippen molar-refractivity contribution in [2.45, 2.75) is 6.18 Å². The van der Waals surface area contributed by atoms with Gasteiger partial charge in [0.15, 0.2) is 0 Å². The Kier molecular flexibility index (Phi) is 2.81. The molecule has 0 unspecified atom stereocenters. The van der Waals surface area contributed by atoms with Gasteiger partial charge < -0.3 is 0 Å². The van der Waals surface area contributed by atoms with Gasteiger partial charge in [-0.3, -0.25) is 0 Å². The summed E-state index contributed by atoms with van der Waals surface area (Å²) < 4.78 is 37.3. The molecule has 0 aromatic heterocycles. The van der Waals surface area contributed by atoms with Gasteiger partial charge in [-0.05, 0) is 6.07 Å². The molecule has 70 valence electrons. The molecule has 1 aromatic rings. The molecule has 0 aliphatic carbocycles. The molecule has 0 fully saturated rings. The molecule has 0 saturated heterocycles. The first-order valence-corrected chi connectivity index (χ1v) is 4.23. The van der Waals surface area contributed by atoms with Crippen LogP contribution >= 0.6 is 15.9 Å². The maximum absolute atomic E-state index is 12.3. The van der Waals surface area contributed by atoms with E-state index in [4.69, 9.17) is 0 Å². The summed E-state index contributed by atoms with van der Waals surface area (Å²) in [4.78, 5) is 0. The monoisotopic (exact) mass is 250 g/mol. The molecule has 0 N–H and O–H groups in total. The van der Waals surface area contributed by atoms with Crippen LogP contribution in [-0.2, 0) is 6.18 Å². The number of hydrogen-bond donors (Lipinski definition) is 0. The summed E-state index contributed by atoms with van der Waals surface area (Å²) in [5.74, 6) is 0. The van der Waals surface area contributed by atoms with E-state index in [2.05, 4.69) is 22.5 Å². The number of halogens is 4. The lowest BCUT2D eigenvalue weighted by Crippen LogP contribution is -2.07. The Balaban J connectivity index is 3.28. The summed E-state index contributed by atoms with van der Waals surface area (Å²) in [6.07, 6.45) is -4.33. The van der Waals surface area contributed by atoms with Gasteiger partial charge in [-0.25, -0.2) is 0 Å². The van der Waals surface area contributed by atoms with Crippen LogP contribution in [0.2, 0.25) is 0 Å². The van der Waals surface area contributed by atoms with E-state index < -0.39 is 11.7 Å². The minimum absolute atomic E-state index is 0.0787. The van der Waals surface area contributed by atoms with Crippen LogP contribution in [0.5, 0.6) is 0 Å². The Hall–Kier alpha value is -0.770. The highest BCUT2D eigenvalue weighted by atomic mass is 79.9. The maximum atomic E-state index is 12.3. The number of benzene rings is 1. The fraction of sp³-hybridized carbons (Fsp3) is 0.111. The summed E-state index contributed by atoms with van der Waals surface area (Å²) in [6, 6.07) is 5.29. The SMILES string of the molecule is C=C(Br)c1ccccc1C(F)(F)F. The van der Waals surface area contributed by atoms with E-state index >= 15 is 0 Å². The standard InChI is InChI=1S/C9H6BrF3/c1-6(10)7-4-2-3-5-8(7)9(11,12)13/h2-5H,1H2. The van der Waals surface area contributed by atoms with Gasteiger partial charge in [0.2, 0.25) is 0 Å². The Morgan fingerprint density at radius 3 is 2.15 bits per heavy atom. The van der Waals surface area contributed by atoms with Crippen molar-refractivity contribution in [2.75, 3.05) is 0 Å². The van der Waals surface area contributed by atoms with E-state index in [1.165, 1.54) is 18.2 Å².